The highest BCUT2D eigenvalue weighted by Gasteiger charge is 2.24. The Bertz CT molecular complexity index is 948. The lowest BCUT2D eigenvalue weighted by atomic mass is 10.1. The van der Waals surface area contributed by atoms with Crippen LogP contribution < -0.4 is 10.6 Å². The first kappa shape index (κ1) is 17.2. The van der Waals surface area contributed by atoms with Crippen LogP contribution in [0.3, 0.4) is 0 Å². The molecule has 128 valence electrons. The van der Waals surface area contributed by atoms with E-state index in [9.17, 15) is 9.59 Å². The zero-order valence-corrected chi connectivity index (χ0v) is 15.0. The molecule has 2 amide bonds. The molecule has 0 bridgehead atoms. The number of carbonyl (C=O) groups excluding carboxylic acids is 2. The van der Waals surface area contributed by atoms with Crippen molar-refractivity contribution in [1.82, 2.24) is 10.5 Å². The summed E-state index contributed by atoms with van der Waals surface area (Å²) in [6.45, 7) is 1.65. The molecule has 0 fully saturated rings. The number of nitrogens with one attached hydrogen (secondary N) is 2. The van der Waals surface area contributed by atoms with Gasteiger partial charge in [-0.25, -0.2) is 0 Å². The number of carbonyl (C=O) groups is 2. The standard InChI is InChI=1S/C17H14ClN3O3S/c1-9-13(14(21-24-9)10-5-3-4-6-12(10)18)16(23)20-17-11(7-8-25-17)15(22)19-2/h3-8H,1-2H3,(H,19,22)(H,20,23). The van der Waals surface area contributed by atoms with Crippen LogP contribution >= 0.6 is 22.9 Å². The van der Waals surface area contributed by atoms with Gasteiger partial charge in [0.05, 0.1) is 10.6 Å². The van der Waals surface area contributed by atoms with Crippen LogP contribution in [0.15, 0.2) is 40.2 Å². The van der Waals surface area contributed by atoms with Crippen molar-refractivity contribution in [2.45, 2.75) is 6.92 Å². The summed E-state index contributed by atoms with van der Waals surface area (Å²) in [5.41, 5.74) is 1.64. The quantitative estimate of drug-likeness (QED) is 0.722. The van der Waals surface area contributed by atoms with Crippen LogP contribution in [0.4, 0.5) is 5.00 Å². The fraction of sp³-hybridized carbons (Fsp3) is 0.118. The van der Waals surface area contributed by atoms with Crippen LogP contribution in [0.25, 0.3) is 11.3 Å². The molecule has 2 heterocycles. The van der Waals surface area contributed by atoms with Crippen molar-refractivity contribution in [3.63, 3.8) is 0 Å². The monoisotopic (exact) mass is 375 g/mol. The first-order valence-electron chi connectivity index (χ1n) is 7.35. The molecular weight excluding hydrogens is 362 g/mol. The molecule has 2 aromatic heterocycles. The smallest absolute Gasteiger partial charge is 0.262 e. The van der Waals surface area contributed by atoms with E-state index < -0.39 is 5.91 Å². The van der Waals surface area contributed by atoms with E-state index >= 15 is 0 Å². The molecule has 0 unspecified atom stereocenters. The number of rotatable bonds is 4. The second-order valence-corrected chi connectivity index (χ2v) is 6.46. The largest absolute Gasteiger partial charge is 0.360 e. The number of halogens is 1. The van der Waals surface area contributed by atoms with Crippen LogP contribution in [0.1, 0.15) is 26.5 Å². The van der Waals surface area contributed by atoms with Crippen molar-refractivity contribution in [3.8, 4) is 11.3 Å². The highest BCUT2D eigenvalue weighted by molar-refractivity contribution is 7.14. The number of nitrogens with zero attached hydrogens (tertiary/aromatic N) is 1. The van der Waals surface area contributed by atoms with Gasteiger partial charge in [-0.2, -0.15) is 0 Å². The third kappa shape index (κ3) is 3.29. The molecular formula is C17H14ClN3O3S. The van der Waals surface area contributed by atoms with Crippen molar-refractivity contribution in [3.05, 3.63) is 57.6 Å². The van der Waals surface area contributed by atoms with E-state index in [4.69, 9.17) is 16.1 Å². The van der Waals surface area contributed by atoms with Crippen LogP contribution in [0.2, 0.25) is 5.02 Å². The van der Waals surface area contributed by atoms with E-state index in [0.29, 0.717) is 32.6 Å². The average Bonchev–Trinajstić information content (AvgIpc) is 3.21. The zero-order chi connectivity index (χ0) is 18.0. The maximum absolute atomic E-state index is 12.8. The average molecular weight is 376 g/mol. The molecule has 8 heteroatoms. The molecule has 0 aliphatic carbocycles. The molecule has 0 spiro atoms. The minimum atomic E-state index is -0.415. The summed E-state index contributed by atoms with van der Waals surface area (Å²) in [5.74, 6) is -0.323. The van der Waals surface area contributed by atoms with E-state index in [-0.39, 0.29) is 11.5 Å². The number of amides is 2. The maximum atomic E-state index is 12.8. The van der Waals surface area contributed by atoms with Gasteiger partial charge in [0.2, 0.25) is 0 Å². The van der Waals surface area contributed by atoms with Gasteiger partial charge in [-0.1, -0.05) is 35.0 Å². The lowest BCUT2D eigenvalue weighted by molar-refractivity contribution is 0.0964. The first-order valence-corrected chi connectivity index (χ1v) is 8.60. The van der Waals surface area contributed by atoms with E-state index in [1.54, 1.807) is 42.6 Å². The van der Waals surface area contributed by atoms with E-state index in [0.717, 1.165) is 0 Å². The SMILES string of the molecule is CNC(=O)c1ccsc1NC(=O)c1c(-c2ccccc2Cl)noc1C. The van der Waals surface area contributed by atoms with Gasteiger partial charge >= 0.3 is 0 Å². The first-order chi connectivity index (χ1) is 12.0. The van der Waals surface area contributed by atoms with Gasteiger partial charge in [-0.3, -0.25) is 9.59 Å². The van der Waals surface area contributed by atoms with Crippen LogP contribution in [-0.4, -0.2) is 24.0 Å². The summed E-state index contributed by atoms with van der Waals surface area (Å²) in [7, 11) is 1.53. The summed E-state index contributed by atoms with van der Waals surface area (Å²) in [4.78, 5) is 24.6. The molecule has 0 radical (unpaired) electrons. The number of hydrogen-bond donors (Lipinski definition) is 2. The second-order valence-electron chi connectivity index (χ2n) is 5.14. The van der Waals surface area contributed by atoms with Crippen molar-refractivity contribution in [2.24, 2.45) is 0 Å². The molecule has 0 saturated heterocycles. The Kier molecular flexibility index (Phi) is 4.87. The summed E-state index contributed by atoms with van der Waals surface area (Å²) >= 11 is 7.47. The van der Waals surface area contributed by atoms with Crippen molar-refractivity contribution in [2.75, 3.05) is 12.4 Å². The molecule has 6 nitrogen and oxygen atoms in total. The Balaban J connectivity index is 1.97. The normalized spacial score (nSPS) is 10.5. The maximum Gasteiger partial charge on any atom is 0.262 e. The minimum Gasteiger partial charge on any atom is -0.360 e. The predicted octanol–water partition coefficient (Wildman–Crippen LogP) is 3.98. The van der Waals surface area contributed by atoms with Gasteiger partial charge in [-0.05, 0) is 24.4 Å². The Hall–Kier alpha value is -2.64. The van der Waals surface area contributed by atoms with Gasteiger partial charge in [0.25, 0.3) is 11.8 Å². The van der Waals surface area contributed by atoms with Crippen LogP contribution in [-0.2, 0) is 0 Å². The number of thiophene rings is 1. The van der Waals surface area contributed by atoms with Gasteiger partial charge < -0.3 is 15.2 Å². The number of aryl methyl sites for hydroxylation is 1. The molecule has 0 saturated carbocycles. The van der Waals surface area contributed by atoms with Crippen molar-refractivity contribution < 1.29 is 14.1 Å². The predicted molar refractivity (Wildman–Crippen MR) is 97.3 cm³/mol. The number of aromatic nitrogens is 1. The summed E-state index contributed by atoms with van der Waals surface area (Å²) < 4.78 is 5.20. The Labute approximate surface area is 152 Å². The molecule has 3 aromatic rings. The molecule has 0 aliphatic rings. The third-order valence-electron chi connectivity index (χ3n) is 3.58. The van der Waals surface area contributed by atoms with Crippen molar-refractivity contribution >= 4 is 39.8 Å². The molecule has 25 heavy (non-hydrogen) atoms. The summed E-state index contributed by atoms with van der Waals surface area (Å²) in [6, 6.07) is 8.72. The molecule has 2 N–H and O–H groups in total. The topological polar surface area (TPSA) is 84.2 Å². The lowest BCUT2D eigenvalue weighted by Crippen LogP contribution is -2.20. The van der Waals surface area contributed by atoms with Crippen LogP contribution in [0.5, 0.6) is 0 Å². The second kappa shape index (κ2) is 7.08. The van der Waals surface area contributed by atoms with Crippen LogP contribution in [0, 0.1) is 6.92 Å². The number of anilines is 1. The molecule has 0 aliphatic heterocycles. The zero-order valence-electron chi connectivity index (χ0n) is 13.4. The fourth-order valence-electron chi connectivity index (χ4n) is 2.36. The van der Waals surface area contributed by atoms with E-state index in [1.165, 1.54) is 18.4 Å². The van der Waals surface area contributed by atoms with Gasteiger partial charge in [0.15, 0.2) is 0 Å². The summed E-state index contributed by atoms with van der Waals surface area (Å²) in [5, 5.41) is 11.9. The van der Waals surface area contributed by atoms with E-state index in [1.807, 2.05) is 0 Å². The Morgan fingerprint density at radius 3 is 2.68 bits per heavy atom. The molecule has 0 atom stereocenters. The van der Waals surface area contributed by atoms with E-state index in [2.05, 4.69) is 15.8 Å². The Morgan fingerprint density at radius 1 is 1.20 bits per heavy atom. The fourth-order valence-corrected chi connectivity index (χ4v) is 3.37. The lowest BCUT2D eigenvalue weighted by Gasteiger charge is -2.07. The number of hydrogen-bond acceptors (Lipinski definition) is 5. The molecule has 3 rings (SSSR count). The summed E-state index contributed by atoms with van der Waals surface area (Å²) in [6.07, 6.45) is 0. The van der Waals surface area contributed by atoms with Crippen molar-refractivity contribution in [1.29, 1.82) is 0 Å². The third-order valence-corrected chi connectivity index (χ3v) is 4.74. The highest BCUT2D eigenvalue weighted by atomic mass is 35.5. The van der Waals surface area contributed by atoms with Gasteiger partial charge in [0, 0.05) is 12.6 Å². The van der Waals surface area contributed by atoms with Gasteiger partial charge in [0.1, 0.15) is 22.0 Å². The minimum absolute atomic E-state index is 0.273. The molecule has 1 aromatic carbocycles. The number of benzene rings is 1. The highest BCUT2D eigenvalue weighted by Crippen LogP contribution is 2.32. The Morgan fingerprint density at radius 2 is 1.96 bits per heavy atom. The van der Waals surface area contributed by atoms with Gasteiger partial charge in [-0.15, -0.1) is 11.3 Å².